The molecule has 0 aliphatic carbocycles. The first kappa shape index (κ1) is 18.0. The highest BCUT2D eigenvalue weighted by Crippen LogP contribution is 2.27. The molecular weight excluding hydrogens is 324 g/mol. The molecule has 2 aromatic rings. The van der Waals surface area contributed by atoms with Gasteiger partial charge in [0.25, 0.3) is 11.4 Å². The third-order valence-electron chi connectivity index (χ3n) is 3.64. The number of carbonyl (C=O) groups excluding carboxylic acids is 1. The van der Waals surface area contributed by atoms with Crippen LogP contribution < -0.4 is 0 Å². The number of allylic oxidation sites excluding steroid dienone is 1. The molecule has 0 aromatic heterocycles. The summed E-state index contributed by atoms with van der Waals surface area (Å²) in [6, 6.07) is 10.2. The van der Waals surface area contributed by atoms with Crippen molar-refractivity contribution in [3.05, 3.63) is 85.5 Å². The molecule has 2 rings (SSSR count). The first-order chi connectivity index (χ1) is 11.8. The van der Waals surface area contributed by atoms with E-state index in [0.717, 1.165) is 0 Å². The predicted octanol–water partition coefficient (Wildman–Crippen LogP) is 4.52. The summed E-state index contributed by atoms with van der Waals surface area (Å²) in [5.74, 6) is -0.413. The lowest BCUT2D eigenvalue weighted by Gasteiger charge is -2.06. The molecule has 25 heavy (non-hydrogen) atoms. The molecule has 7 nitrogen and oxygen atoms in total. The number of nitrogens with zero attached hydrogens (tertiary/aromatic N) is 2. The van der Waals surface area contributed by atoms with E-state index in [4.69, 9.17) is 0 Å². The van der Waals surface area contributed by atoms with Crippen LogP contribution in [0.25, 0.3) is 6.08 Å². The molecule has 0 amide bonds. The monoisotopic (exact) mass is 340 g/mol. The summed E-state index contributed by atoms with van der Waals surface area (Å²) in [6.07, 6.45) is 2.70. The number of non-ortho nitro benzene ring substituents is 1. The van der Waals surface area contributed by atoms with E-state index >= 15 is 0 Å². The van der Waals surface area contributed by atoms with Crippen molar-refractivity contribution in [3.8, 4) is 0 Å². The number of nitro groups is 2. The minimum atomic E-state index is -0.575. The molecule has 0 aliphatic heterocycles. The van der Waals surface area contributed by atoms with Crippen LogP contribution in [0.2, 0.25) is 0 Å². The van der Waals surface area contributed by atoms with Crippen LogP contribution in [0.1, 0.15) is 41.3 Å². The summed E-state index contributed by atoms with van der Waals surface area (Å²) < 4.78 is 0. The van der Waals surface area contributed by atoms with Gasteiger partial charge in [-0.3, -0.25) is 25.0 Å². The van der Waals surface area contributed by atoms with Crippen molar-refractivity contribution in [2.24, 2.45) is 0 Å². The van der Waals surface area contributed by atoms with E-state index in [-0.39, 0.29) is 22.9 Å². The van der Waals surface area contributed by atoms with Gasteiger partial charge in [0.05, 0.1) is 9.85 Å². The van der Waals surface area contributed by atoms with Crippen LogP contribution in [0.3, 0.4) is 0 Å². The fourth-order valence-corrected chi connectivity index (χ4v) is 2.35. The van der Waals surface area contributed by atoms with Gasteiger partial charge >= 0.3 is 0 Å². The molecule has 0 bridgehead atoms. The standard InChI is InChI=1S/C18H16N2O5/c1-12(2)16-8-6-13(10-17(16)20(24)25)7-9-18(21)14-4-3-5-15(11-14)19(22)23/h3-12H,1-2H3/b9-7+. The van der Waals surface area contributed by atoms with Gasteiger partial charge < -0.3 is 0 Å². The first-order valence-corrected chi connectivity index (χ1v) is 7.55. The van der Waals surface area contributed by atoms with Crippen molar-refractivity contribution in [3.63, 3.8) is 0 Å². The second-order valence-corrected chi connectivity index (χ2v) is 5.74. The van der Waals surface area contributed by atoms with Crippen molar-refractivity contribution < 1.29 is 14.6 Å². The average molecular weight is 340 g/mol. The molecule has 0 saturated heterocycles. The number of carbonyl (C=O) groups is 1. The minimum Gasteiger partial charge on any atom is -0.289 e. The highest BCUT2D eigenvalue weighted by Gasteiger charge is 2.16. The Morgan fingerprint density at radius 1 is 1.04 bits per heavy atom. The summed E-state index contributed by atoms with van der Waals surface area (Å²) >= 11 is 0. The van der Waals surface area contributed by atoms with Crippen LogP contribution >= 0.6 is 0 Å². The van der Waals surface area contributed by atoms with E-state index in [0.29, 0.717) is 11.1 Å². The fraction of sp³-hybridized carbons (Fsp3) is 0.167. The Balaban J connectivity index is 2.28. The normalized spacial score (nSPS) is 11.0. The maximum absolute atomic E-state index is 12.1. The van der Waals surface area contributed by atoms with Crippen LogP contribution in [0.4, 0.5) is 11.4 Å². The third-order valence-corrected chi connectivity index (χ3v) is 3.64. The molecule has 0 fully saturated rings. The number of benzene rings is 2. The number of rotatable bonds is 6. The van der Waals surface area contributed by atoms with Crippen LogP contribution in [0.5, 0.6) is 0 Å². The number of ketones is 1. The topological polar surface area (TPSA) is 103 Å². The van der Waals surface area contributed by atoms with Gasteiger partial charge in [-0.25, -0.2) is 0 Å². The summed E-state index contributed by atoms with van der Waals surface area (Å²) in [6.45, 7) is 3.73. The Kier molecular flexibility index (Phi) is 5.38. The van der Waals surface area contributed by atoms with E-state index in [9.17, 15) is 25.0 Å². The minimum absolute atomic E-state index is 0.0000482. The van der Waals surface area contributed by atoms with Crippen LogP contribution in [0, 0.1) is 20.2 Å². The van der Waals surface area contributed by atoms with Crippen LogP contribution in [-0.4, -0.2) is 15.6 Å². The number of nitro benzene ring substituents is 2. The lowest BCUT2D eigenvalue weighted by molar-refractivity contribution is -0.385. The zero-order valence-electron chi connectivity index (χ0n) is 13.7. The van der Waals surface area contributed by atoms with E-state index in [2.05, 4.69) is 0 Å². The molecular formula is C18H16N2O5. The summed E-state index contributed by atoms with van der Waals surface area (Å²) in [5, 5.41) is 21.9. The molecule has 0 saturated carbocycles. The van der Waals surface area contributed by atoms with Crippen molar-refractivity contribution in [2.75, 3.05) is 0 Å². The molecule has 128 valence electrons. The van der Waals surface area contributed by atoms with Gasteiger partial charge in [0.2, 0.25) is 0 Å². The van der Waals surface area contributed by atoms with Crippen molar-refractivity contribution in [1.82, 2.24) is 0 Å². The zero-order valence-corrected chi connectivity index (χ0v) is 13.7. The largest absolute Gasteiger partial charge is 0.289 e. The highest BCUT2D eigenvalue weighted by molar-refractivity contribution is 6.07. The number of hydrogen-bond donors (Lipinski definition) is 0. The van der Waals surface area contributed by atoms with Gasteiger partial charge in [-0.1, -0.05) is 44.2 Å². The molecule has 0 spiro atoms. The third kappa shape index (κ3) is 4.35. The Morgan fingerprint density at radius 3 is 2.36 bits per heavy atom. The van der Waals surface area contributed by atoms with Gasteiger partial charge in [-0.05, 0) is 17.6 Å². The van der Waals surface area contributed by atoms with Crippen molar-refractivity contribution >= 4 is 23.2 Å². The SMILES string of the molecule is CC(C)c1ccc(/C=C/C(=O)c2cccc([N+](=O)[O-])c2)cc1[N+](=O)[O-]. The first-order valence-electron chi connectivity index (χ1n) is 7.55. The van der Waals surface area contributed by atoms with Gasteiger partial charge in [-0.15, -0.1) is 0 Å². The quantitative estimate of drug-likeness (QED) is 0.333. The van der Waals surface area contributed by atoms with E-state index in [1.54, 1.807) is 12.1 Å². The molecule has 0 aliphatic rings. The van der Waals surface area contributed by atoms with E-state index < -0.39 is 15.6 Å². The van der Waals surface area contributed by atoms with Gasteiger partial charge in [0.15, 0.2) is 5.78 Å². The van der Waals surface area contributed by atoms with Crippen molar-refractivity contribution in [2.45, 2.75) is 19.8 Å². The predicted molar refractivity (Wildman–Crippen MR) is 93.6 cm³/mol. The fourth-order valence-electron chi connectivity index (χ4n) is 2.35. The van der Waals surface area contributed by atoms with E-state index in [1.807, 2.05) is 13.8 Å². The van der Waals surface area contributed by atoms with E-state index in [1.165, 1.54) is 42.5 Å². The van der Waals surface area contributed by atoms with Crippen molar-refractivity contribution in [1.29, 1.82) is 0 Å². The second-order valence-electron chi connectivity index (χ2n) is 5.74. The lowest BCUT2D eigenvalue weighted by atomic mass is 9.99. The Hall–Kier alpha value is -3.35. The summed E-state index contributed by atoms with van der Waals surface area (Å²) in [4.78, 5) is 33.1. The van der Waals surface area contributed by atoms with Crippen LogP contribution in [-0.2, 0) is 0 Å². The van der Waals surface area contributed by atoms with Gasteiger partial charge in [0.1, 0.15) is 0 Å². The Bertz CT molecular complexity index is 872. The molecule has 7 heteroatoms. The molecule has 0 radical (unpaired) electrons. The molecule has 0 heterocycles. The highest BCUT2D eigenvalue weighted by atomic mass is 16.6. The molecule has 0 atom stereocenters. The van der Waals surface area contributed by atoms with Gasteiger partial charge in [-0.2, -0.15) is 0 Å². The average Bonchev–Trinajstić information content (AvgIpc) is 2.59. The Morgan fingerprint density at radius 2 is 1.76 bits per heavy atom. The lowest BCUT2D eigenvalue weighted by Crippen LogP contribution is -1.98. The maximum atomic E-state index is 12.1. The Labute approximate surface area is 143 Å². The second kappa shape index (κ2) is 7.48. The summed E-state index contributed by atoms with van der Waals surface area (Å²) in [7, 11) is 0. The van der Waals surface area contributed by atoms with Crippen LogP contribution in [0.15, 0.2) is 48.5 Å². The van der Waals surface area contributed by atoms with Gasteiger partial charge in [0, 0.05) is 29.3 Å². The zero-order chi connectivity index (χ0) is 18.6. The maximum Gasteiger partial charge on any atom is 0.273 e. The molecule has 0 unspecified atom stereocenters. The molecule has 2 aromatic carbocycles. The summed E-state index contributed by atoms with van der Waals surface area (Å²) in [5.41, 5.74) is 1.14. The smallest absolute Gasteiger partial charge is 0.273 e. The number of hydrogen-bond acceptors (Lipinski definition) is 5. The molecule has 0 N–H and O–H groups in total.